The van der Waals surface area contributed by atoms with Crippen molar-refractivity contribution in [3.63, 3.8) is 0 Å². The number of aromatic nitrogens is 2. The van der Waals surface area contributed by atoms with Crippen molar-refractivity contribution >= 4 is 21.7 Å². The van der Waals surface area contributed by atoms with E-state index in [2.05, 4.69) is 21.0 Å². The first-order valence-corrected chi connectivity index (χ1v) is 7.00. The van der Waals surface area contributed by atoms with E-state index in [1.165, 1.54) is 23.0 Å². The Morgan fingerprint density at radius 2 is 2.19 bits per heavy atom. The maximum absolute atomic E-state index is 13.6. The molecule has 4 nitrogen and oxygen atoms in total. The van der Waals surface area contributed by atoms with Gasteiger partial charge in [0, 0.05) is 13.5 Å². The number of hydrogen-bond donors (Lipinski definition) is 0. The second kappa shape index (κ2) is 6.91. The number of carbonyl (C=O) groups is 1. The zero-order valence-corrected chi connectivity index (χ0v) is 12.9. The summed E-state index contributed by atoms with van der Waals surface area (Å²) in [4.78, 5) is 12.3. The van der Waals surface area contributed by atoms with Crippen LogP contribution in [-0.2, 0) is 17.7 Å². The van der Waals surface area contributed by atoms with E-state index in [1.54, 1.807) is 7.11 Å². The molecule has 2 rings (SSSR count). The molecule has 0 bridgehead atoms. The molecule has 0 aliphatic heterocycles. The molecule has 0 amide bonds. The highest BCUT2D eigenvalue weighted by Crippen LogP contribution is 2.20. The minimum Gasteiger partial charge on any atom is -0.383 e. The summed E-state index contributed by atoms with van der Waals surface area (Å²) in [5, 5.41) is 4.06. The van der Waals surface area contributed by atoms with Gasteiger partial charge in [0.1, 0.15) is 5.69 Å². The molecule has 0 unspecified atom stereocenters. The quantitative estimate of drug-likeness (QED) is 0.745. The minimum atomic E-state index is -0.995. The van der Waals surface area contributed by atoms with Crippen molar-refractivity contribution in [1.29, 1.82) is 0 Å². The van der Waals surface area contributed by atoms with Gasteiger partial charge in [0.25, 0.3) is 0 Å². The van der Waals surface area contributed by atoms with Gasteiger partial charge < -0.3 is 4.74 Å². The lowest BCUT2D eigenvalue weighted by Gasteiger charge is -2.08. The van der Waals surface area contributed by atoms with Gasteiger partial charge in [-0.2, -0.15) is 5.10 Å². The summed E-state index contributed by atoms with van der Waals surface area (Å²) in [6.07, 6.45) is 1.26. The van der Waals surface area contributed by atoms with Crippen molar-refractivity contribution in [2.45, 2.75) is 13.0 Å². The maximum Gasteiger partial charge on any atom is 0.186 e. The minimum absolute atomic E-state index is 0.0198. The molecule has 0 radical (unpaired) electrons. The molecular formula is C14H13BrF2N2O2. The topological polar surface area (TPSA) is 44.1 Å². The average molecular weight is 359 g/mol. The molecule has 1 aromatic carbocycles. The van der Waals surface area contributed by atoms with Crippen LogP contribution in [0.5, 0.6) is 0 Å². The van der Waals surface area contributed by atoms with Crippen LogP contribution in [0.15, 0.2) is 28.9 Å². The number of rotatable bonds is 6. The summed E-state index contributed by atoms with van der Waals surface area (Å²) >= 11 is 3.24. The van der Waals surface area contributed by atoms with Crippen LogP contribution in [0.25, 0.3) is 0 Å². The van der Waals surface area contributed by atoms with Gasteiger partial charge in [-0.05, 0) is 27.6 Å². The van der Waals surface area contributed by atoms with Crippen LogP contribution in [0, 0.1) is 11.6 Å². The second-order valence-corrected chi connectivity index (χ2v) is 5.22. The van der Waals surface area contributed by atoms with Crippen molar-refractivity contribution < 1.29 is 18.3 Å². The molecular weight excluding hydrogens is 346 g/mol. The summed E-state index contributed by atoms with van der Waals surface area (Å²) in [6.45, 7) is 0.789. The molecule has 7 heteroatoms. The van der Waals surface area contributed by atoms with Crippen LogP contribution < -0.4 is 0 Å². The molecule has 0 N–H and O–H groups in total. The standard InChI is InChI=1S/C14H13BrF2N2O2/c1-21-6-5-19-14(10(15)8-18-19)12(20)7-9-3-2-4-11(16)13(9)17/h2-4,8H,5-7H2,1H3. The summed E-state index contributed by atoms with van der Waals surface area (Å²) in [5.41, 5.74) is 0.335. The first-order valence-electron chi connectivity index (χ1n) is 6.21. The van der Waals surface area contributed by atoms with Crippen molar-refractivity contribution in [3.8, 4) is 0 Å². The van der Waals surface area contributed by atoms with E-state index in [9.17, 15) is 13.6 Å². The van der Waals surface area contributed by atoms with E-state index in [0.717, 1.165) is 6.07 Å². The Hall–Kier alpha value is -1.60. The van der Waals surface area contributed by atoms with E-state index in [0.29, 0.717) is 23.3 Å². The predicted octanol–water partition coefficient (Wildman–Crippen LogP) is 3.00. The number of benzene rings is 1. The highest BCUT2D eigenvalue weighted by atomic mass is 79.9. The zero-order valence-electron chi connectivity index (χ0n) is 11.3. The van der Waals surface area contributed by atoms with Crippen LogP contribution in [0.1, 0.15) is 16.1 Å². The van der Waals surface area contributed by atoms with E-state index in [-0.39, 0.29) is 17.8 Å². The van der Waals surface area contributed by atoms with Crippen LogP contribution in [0.3, 0.4) is 0 Å². The smallest absolute Gasteiger partial charge is 0.186 e. The Labute approximate surface area is 128 Å². The van der Waals surface area contributed by atoms with Crippen molar-refractivity contribution in [2.24, 2.45) is 0 Å². The third-order valence-electron chi connectivity index (χ3n) is 2.95. The van der Waals surface area contributed by atoms with E-state index in [1.807, 2.05) is 0 Å². The van der Waals surface area contributed by atoms with E-state index < -0.39 is 11.6 Å². The van der Waals surface area contributed by atoms with Crippen molar-refractivity contribution in [1.82, 2.24) is 9.78 Å². The first kappa shape index (κ1) is 15.8. The van der Waals surface area contributed by atoms with Crippen molar-refractivity contribution in [2.75, 3.05) is 13.7 Å². The normalized spacial score (nSPS) is 10.9. The fourth-order valence-electron chi connectivity index (χ4n) is 1.93. The summed E-state index contributed by atoms with van der Waals surface area (Å²) in [5.74, 6) is -2.31. The van der Waals surface area contributed by atoms with E-state index >= 15 is 0 Å². The SMILES string of the molecule is COCCn1ncc(Br)c1C(=O)Cc1cccc(F)c1F. The van der Waals surface area contributed by atoms with Crippen LogP contribution in [0.2, 0.25) is 0 Å². The van der Waals surface area contributed by atoms with E-state index in [4.69, 9.17) is 4.74 Å². The molecule has 0 aliphatic carbocycles. The number of halogens is 3. The zero-order chi connectivity index (χ0) is 15.4. The van der Waals surface area contributed by atoms with Gasteiger partial charge in [-0.3, -0.25) is 9.48 Å². The largest absolute Gasteiger partial charge is 0.383 e. The summed E-state index contributed by atoms with van der Waals surface area (Å²) in [6, 6.07) is 3.78. The molecule has 112 valence electrons. The van der Waals surface area contributed by atoms with Gasteiger partial charge >= 0.3 is 0 Å². The Morgan fingerprint density at radius 1 is 1.43 bits per heavy atom. The number of Topliss-reactive ketones (excluding diaryl/α,β-unsaturated/α-hetero) is 1. The highest BCUT2D eigenvalue weighted by molar-refractivity contribution is 9.10. The third kappa shape index (κ3) is 3.54. The fourth-order valence-corrected chi connectivity index (χ4v) is 2.45. The van der Waals surface area contributed by atoms with Crippen LogP contribution >= 0.6 is 15.9 Å². The monoisotopic (exact) mass is 358 g/mol. The van der Waals surface area contributed by atoms with Crippen molar-refractivity contribution in [3.05, 3.63) is 51.8 Å². The highest BCUT2D eigenvalue weighted by Gasteiger charge is 2.19. The molecule has 1 aromatic heterocycles. The average Bonchev–Trinajstić information content (AvgIpc) is 2.82. The Bertz CT molecular complexity index is 658. The number of methoxy groups -OCH3 is 1. The Kier molecular flexibility index (Phi) is 5.19. The van der Waals surface area contributed by atoms with Gasteiger partial charge in [-0.25, -0.2) is 8.78 Å². The van der Waals surface area contributed by atoms with Gasteiger partial charge in [-0.1, -0.05) is 12.1 Å². The Balaban J connectivity index is 2.24. The van der Waals surface area contributed by atoms with Gasteiger partial charge in [-0.15, -0.1) is 0 Å². The van der Waals surface area contributed by atoms with Gasteiger partial charge in [0.2, 0.25) is 0 Å². The molecule has 0 fully saturated rings. The summed E-state index contributed by atoms with van der Waals surface area (Å²) < 4.78 is 33.7. The molecule has 0 saturated carbocycles. The number of ketones is 1. The molecule has 0 aliphatic rings. The number of carbonyl (C=O) groups excluding carboxylic acids is 1. The lowest BCUT2D eigenvalue weighted by molar-refractivity contribution is 0.0977. The second-order valence-electron chi connectivity index (χ2n) is 4.37. The molecule has 0 atom stereocenters. The third-order valence-corrected chi connectivity index (χ3v) is 3.53. The number of nitrogens with zero attached hydrogens (tertiary/aromatic N) is 2. The predicted molar refractivity (Wildman–Crippen MR) is 76.2 cm³/mol. The Morgan fingerprint density at radius 3 is 2.90 bits per heavy atom. The molecule has 2 aromatic rings. The molecule has 0 saturated heterocycles. The molecule has 1 heterocycles. The fraction of sp³-hybridized carbons (Fsp3) is 0.286. The van der Waals surface area contributed by atoms with Gasteiger partial charge in [0.15, 0.2) is 17.4 Å². The maximum atomic E-state index is 13.6. The number of hydrogen-bond acceptors (Lipinski definition) is 3. The molecule has 21 heavy (non-hydrogen) atoms. The van der Waals surface area contributed by atoms with Gasteiger partial charge in [0.05, 0.1) is 23.8 Å². The number of ether oxygens (including phenoxy) is 1. The first-order chi connectivity index (χ1) is 10.0. The van der Waals surface area contributed by atoms with Crippen LogP contribution in [-0.4, -0.2) is 29.3 Å². The lowest BCUT2D eigenvalue weighted by atomic mass is 10.1. The lowest BCUT2D eigenvalue weighted by Crippen LogP contribution is -2.16. The van der Waals surface area contributed by atoms with Crippen LogP contribution in [0.4, 0.5) is 8.78 Å². The summed E-state index contributed by atoms with van der Waals surface area (Å²) in [7, 11) is 1.54. The molecule has 0 spiro atoms.